The van der Waals surface area contributed by atoms with Crippen LogP contribution in [0.1, 0.15) is 36.8 Å². The number of likely N-dealkylation sites (tertiary alicyclic amines) is 2. The molecule has 0 spiro atoms. The van der Waals surface area contributed by atoms with E-state index in [-0.39, 0.29) is 5.54 Å². The largest absolute Gasteiger partial charge is 0.318 e. The SMILES string of the molecule is CNCC(NC)(C1CCN(Cc2ccccc2)CC1)C1CCN(Cc2ccccc2)CC1. The molecule has 174 valence electrons. The smallest absolute Gasteiger partial charge is 0.0362 e. The maximum atomic E-state index is 3.89. The zero-order valence-corrected chi connectivity index (χ0v) is 20.1. The van der Waals surface area contributed by atoms with Gasteiger partial charge in [0.25, 0.3) is 0 Å². The molecule has 2 saturated heterocycles. The van der Waals surface area contributed by atoms with Crippen molar-refractivity contribution in [3.8, 4) is 0 Å². The lowest BCUT2D eigenvalue weighted by Gasteiger charge is -2.51. The van der Waals surface area contributed by atoms with Crippen LogP contribution in [0.15, 0.2) is 60.7 Å². The fraction of sp³-hybridized carbons (Fsp3) is 0.571. The van der Waals surface area contributed by atoms with E-state index in [1.165, 1.54) is 63.0 Å². The molecule has 0 unspecified atom stereocenters. The Morgan fingerprint density at radius 3 is 1.44 bits per heavy atom. The van der Waals surface area contributed by atoms with Crippen molar-refractivity contribution in [1.29, 1.82) is 0 Å². The predicted molar refractivity (Wildman–Crippen MR) is 135 cm³/mol. The molecular formula is C28H42N4. The number of likely N-dealkylation sites (N-methyl/N-ethyl adjacent to an activating group) is 2. The van der Waals surface area contributed by atoms with Crippen molar-refractivity contribution in [2.75, 3.05) is 46.8 Å². The number of rotatable bonds is 9. The quantitative estimate of drug-likeness (QED) is 0.625. The minimum Gasteiger partial charge on any atom is -0.318 e. The highest BCUT2D eigenvalue weighted by Gasteiger charge is 2.45. The van der Waals surface area contributed by atoms with Crippen LogP contribution < -0.4 is 10.6 Å². The van der Waals surface area contributed by atoms with Gasteiger partial charge in [0.2, 0.25) is 0 Å². The molecule has 2 fully saturated rings. The van der Waals surface area contributed by atoms with E-state index in [1.54, 1.807) is 0 Å². The number of hydrogen-bond donors (Lipinski definition) is 2. The molecule has 0 aliphatic carbocycles. The lowest BCUT2D eigenvalue weighted by atomic mass is 9.66. The topological polar surface area (TPSA) is 30.5 Å². The first-order valence-electron chi connectivity index (χ1n) is 12.6. The third-order valence-corrected chi connectivity index (χ3v) is 8.06. The fourth-order valence-corrected chi connectivity index (χ4v) is 6.31. The van der Waals surface area contributed by atoms with Gasteiger partial charge in [-0.2, -0.15) is 0 Å². The monoisotopic (exact) mass is 434 g/mol. The molecule has 0 radical (unpaired) electrons. The molecule has 0 saturated carbocycles. The van der Waals surface area contributed by atoms with Crippen LogP contribution in [0, 0.1) is 11.8 Å². The van der Waals surface area contributed by atoms with E-state index < -0.39 is 0 Å². The lowest BCUT2D eigenvalue weighted by molar-refractivity contribution is 0.0324. The standard InChI is InChI=1S/C28H42N4/c1-29-23-28(30-2,26-13-17-31(18-14-26)21-24-9-5-3-6-10-24)27-15-19-32(20-16-27)22-25-11-7-4-8-12-25/h3-12,26-27,29-30H,13-23H2,1-2H3. The average Bonchev–Trinajstić information content (AvgIpc) is 2.85. The van der Waals surface area contributed by atoms with Crippen molar-refractivity contribution in [1.82, 2.24) is 20.4 Å². The van der Waals surface area contributed by atoms with Crippen LogP contribution in [-0.4, -0.2) is 62.2 Å². The highest BCUT2D eigenvalue weighted by atomic mass is 15.2. The number of piperidine rings is 2. The molecule has 4 heteroatoms. The van der Waals surface area contributed by atoms with Gasteiger partial charge in [-0.1, -0.05) is 60.7 Å². The molecule has 2 aliphatic heterocycles. The molecule has 0 amide bonds. The number of nitrogens with one attached hydrogen (secondary N) is 2. The molecule has 4 nitrogen and oxygen atoms in total. The summed E-state index contributed by atoms with van der Waals surface area (Å²) in [4.78, 5) is 5.29. The lowest BCUT2D eigenvalue weighted by Crippen LogP contribution is -2.63. The maximum Gasteiger partial charge on any atom is 0.0362 e. The minimum absolute atomic E-state index is 0.201. The number of benzene rings is 2. The summed E-state index contributed by atoms with van der Waals surface area (Å²) >= 11 is 0. The van der Waals surface area contributed by atoms with Gasteiger partial charge in [0, 0.05) is 25.2 Å². The zero-order valence-electron chi connectivity index (χ0n) is 20.1. The van der Waals surface area contributed by atoms with Crippen LogP contribution in [0.25, 0.3) is 0 Å². The second-order valence-electron chi connectivity index (χ2n) is 9.89. The summed E-state index contributed by atoms with van der Waals surface area (Å²) in [5, 5.41) is 7.45. The highest BCUT2D eigenvalue weighted by Crippen LogP contribution is 2.39. The number of nitrogens with zero attached hydrogens (tertiary/aromatic N) is 2. The van der Waals surface area contributed by atoms with Gasteiger partial charge in [-0.15, -0.1) is 0 Å². The van der Waals surface area contributed by atoms with Crippen LogP contribution in [0.3, 0.4) is 0 Å². The molecule has 2 aliphatic rings. The Morgan fingerprint density at radius 2 is 1.09 bits per heavy atom. The van der Waals surface area contributed by atoms with E-state index in [4.69, 9.17) is 0 Å². The molecule has 2 N–H and O–H groups in total. The van der Waals surface area contributed by atoms with Gasteiger partial charge in [-0.3, -0.25) is 9.80 Å². The summed E-state index contributed by atoms with van der Waals surface area (Å²) in [6.07, 6.45) is 5.17. The van der Waals surface area contributed by atoms with Crippen LogP contribution in [0.2, 0.25) is 0 Å². The molecular weight excluding hydrogens is 392 g/mol. The van der Waals surface area contributed by atoms with E-state index in [2.05, 4.69) is 95.2 Å². The molecule has 0 bridgehead atoms. The summed E-state index contributed by atoms with van der Waals surface area (Å²) in [6, 6.07) is 21.9. The van der Waals surface area contributed by atoms with E-state index in [1.807, 2.05) is 0 Å². The van der Waals surface area contributed by atoms with Gasteiger partial charge >= 0.3 is 0 Å². The molecule has 2 aromatic rings. The molecule has 0 aromatic heterocycles. The third-order valence-electron chi connectivity index (χ3n) is 8.06. The molecule has 32 heavy (non-hydrogen) atoms. The Bertz CT molecular complexity index is 716. The Balaban J connectivity index is 1.35. The fourth-order valence-electron chi connectivity index (χ4n) is 6.31. The van der Waals surface area contributed by atoms with Gasteiger partial charge in [0.1, 0.15) is 0 Å². The van der Waals surface area contributed by atoms with Gasteiger partial charge < -0.3 is 10.6 Å². The average molecular weight is 435 g/mol. The van der Waals surface area contributed by atoms with Gasteiger partial charge in [0.15, 0.2) is 0 Å². The van der Waals surface area contributed by atoms with E-state index in [0.717, 1.165) is 31.5 Å². The first-order chi connectivity index (χ1) is 15.7. The molecule has 2 aromatic carbocycles. The highest BCUT2D eigenvalue weighted by molar-refractivity contribution is 5.16. The minimum atomic E-state index is 0.201. The first-order valence-corrected chi connectivity index (χ1v) is 12.6. The Labute approximate surface area is 195 Å². The summed E-state index contributed by atoms with van der Waals surface area (Å²) in [6.45, 7) is 8.07. The Morgan fingerprint density at radius 1 is 0.688 bits per heavy atom. The van der Waals surface area contributed by atoms with Gasteiger partial charge in [-0.25, -0.2) is 0 Å². The normalized spacial score (nSPS) is 19.9. The van der Waals surface area contributed by atoms with Crippen LogP contribution >= 0.6 is 0 Å². The maximum absolute atomic E-state index is 3.89. The summed E-state index contributed by atoms with van der Waals surface area (Å²) in [5.41, 5.74) is 3.07. The van der Waals surface area contributed by atoms with Crippen molar-refractivity contribution < 1.29 is 0 Å². The number of hydrogen-bond acceptors (Lipinski definition) is 4. The summed E-state index contributed by atoms with van der Waals surface area (Å²) in [7, 11) is 4.34. The predicted octanol–water partition coefficient (Wildman–Crippen LogP) is 3.99. The third kappa shape index (κ3) is 5.60. The first kappa shape index (κ1) is 23.4. The van der Waals surface area contributed by atoms with Gasteiger partial charge in [-0.05, 0) is 88.9 Å². The van der Waals surface area contributed by atoms with Crippen LogP contribution in [0.4, 0.5) is 0 Å². The zero-order chi connectivity index (χ0) is 22.2. The molecule has 2 heterocycles. The van der Waals surface area contributed by atoms with E-state index >= 15 is 0 Å². The van der Waals surface area contributed by atoms with Crippen molar-refractivity contribution >= 4 is 0 Å². The summed E-state index contributed by atoms with van der Waals surface area (Å²) in [5.74, 6) is 1.47. The molecule has 0 atom stereocenters. The summed E-state index contributed by atoms with van der Waals surface area (Å²) < 4.78 is 0. The van der Waals surface area contributed by atoms with E-state index in [9.17, 15) is 0 Å². The van der Waals surface area contributed by atoms with Crippen molar-refractivity contribution in [3.05, 3.63) is 71.8 Å². The van der Waals surface area contributed by atoms with E-state index in [0.29, 0.717) is 0 Å². The molecule has 4 rings (SSSR count). The van der Waals surface area contributed by atoms with Crippen LogP contribution in [-0.2, 0) is 13.1 Å². The Hall–Kier alpha value is -1.72. The Kier molecular flexibility index (Phi) is 8.37. The van der Waals surface area contributed by atoms with Gasteiger partial charge in [0.05, 0.1) is 0 Å². The van der Waals surface area contributed by atoms with Crippen molar-refractivity contribution in [2.45, 2.75) is 44.3 Å². The second kappa shape index (κ2) is 11.4. The second-order valence-corrected chi connectivity index (χ2v) is 9.89. The van der Waals surface area contributed by atoms with Crippen molar-refractivity contribution in [3.63, 3.8) is 0 Å². The van der Waals surface area contributed by atoms with Crippen LogP contribution in [0.5, 0.6) is 0 Å². The van der Waals surface area contributed by atoms with Crippen molar-refractivity contribution in [2.24, 2.45) is 11.8 Å².